The van der Waals surface area contributed by atoms with E-state index in [-0.39, 0.29) is 5.75 Å². The maximum absolute atomic E-state index is 14.8. The molecule has 3 rings (SSSR count). The second-order valence-electron chi connectivity index (χ2n) is 10.2. The standard InChI is InChI=1S/C31H44F2O/c1-3-5-7-8-9-10-11-23-34-29-22-21-28(30(32)31(29)33)27-19-17-26(18-20-27)25-15-13-24(14-16-25)12-6-4-2/h17-22,24-25H,3-16,23H2,1-2H3. The molecular formula is C31H44F2O. The van der Waals surface area contributed by atoms with Crippen molar-refractivity contribution in [1.29, 1.82) is 0 Å². The molecule has 0 saturated heterocycles. The van der Waals surface area contributed by atoms with Gasteiger partial charge in [0.2, 0.25) is 5.82 Å². The van der Waals surface area contributed by atoms with Gasteiger partial charge in [-0.15, -0.1) is 0 Å². The van der Waals surface area contributed by atoms with Crippen LogP contribution in [0.1, 0.15) is 115 Å². The van der Waals surface area contributed by atoms with Crippen LogP contribution >= 0.6 is 0 Å². The molecule has 3 heteroatoms. The van der Waals surface area contributed by atoms with E-state index in [1.165, 1.54) is 82.6 Å². The third-order valence-electron chi connectivity index (χ3n) is 7.56. The molecule has 2 aromatic rings. The quantitative estimate of drug-likeness (QED) is 0.250. The Morgan fingerprint density at radius 1 is 0.706 bits per heavy atom. The van der Waals surface area contributed by atoms with Gasteiger partial charge in [-0.05, 0) is 67.2 Å². The van der Waals surface area contributed by atoms with Gasteiger partial charge in [-0.2, -0.15) is 4.39 Å². The van der Waals surface area contributed by atoms with E-state index in [9.17, 15) is 8.78 Å². The van der Waals surface area contributed by atoms with Gasteiger partial charge in [0, 0.05) is 5.56 Å². The van der Waals surface area contributed by atoms with Gasteiger partial charge in [0.25, 0.3) is 0 Å². The van der Waals surface area contributed by atoms with Gasteiger partial charge in [-0.25, -0.2) is 4.39 Å². The molecular weight excluding hydrogens is 426 g/mol. The van der Waals surface area contributed by atoms with E-state index in [1.807, 2.05) is 12.1 Å². The molecule has 34 heavy (non-hydrogen) atoms. The number of hydrogen-bond acceptors (Lipinski definition) is 1. The predicted octanol–water partition coefficient (Wildman–Crippen LogP) is 10.2. The molecule has 1 aliphatic rings. The lowest BCUT2D eigenvalue weighted by Crippen LogP contribution is -2.13. The molecule has 2 aromatic carbocycles. The Balaban J connectivity index is 1.50. The predicted molar refractivity (Wildman–Crippen MR) is 140 cm³/mol. The van der Waals surface area contributed by atoms with E-state index < -0.39 is 11.6 Å². The molecule has 0 spiro atoms. The van der Waals surface area contributed by atoms with Crippen molar-refractivity contribution < 1.29 is 13.5 Å². The smallest absolute Gasteiger partial charge is 0.201 e. The summed E-state index contributed by atoms with van der Waals surface area (Å²) >= 11 is 0. The molecule has 188 valence electrons. The van der Waals surface area contributed by atoms with E-state index >= 15 is 0 Å². The van der Waals surface area contributed by atoms with Gasteiger partial charge in [0.1, 0.15) is 0 Å². The molecule has 0 bridgehead atoms. The molecule has 0 heterocycles. The van der Waals surface area contributed by atoms with Crippen LogP contribution < -0.4 is 4.74 Å². The molecule has 0 aromatic heterocycles. The molecule has 0 aliphatic heterocycles. The van der Waals surface area contributed by atoms with Crippen LogP contribution in [0.15, 0.2) is 36.4 Å². The van der Waals surface area contributed by atoms with Crippen LogP contribution in [0.4, 0.5) is 8.78 Å². The number of halogens is 2. The van der Waals surface area contributed by atoms with E-state index in [0.717, 1.165) is 24.3 Å². The summed E-state index contributed by atoms with van der Waals surface area (Å²) in [5.41, 5.74) is 2.35. The van der Waals surface area contributed by atoms with E-state index in [0.29, 0.717) is 18.1 Å². The maximum atomic E-state index is 14.8. The lowest BCUT2D eigenvalue weighted by molar-refractivity contribution is 0.285. The van der Waals surface area contributed by atoms with Gasteiger partial charge < -0.3 is 4.74 Å². The molecule has 1 aliphatic carbocycles. The van der Waals surface area contributed by atoms with E-state index in [2.05, 4.69) is 26.0 Å². The zero-order valence-corrected chi connectivity index (χ0v) is 21.4. The van der Waals surface area contributed by atoms with Crippen molar-refractivity contribution >= 4 is 0 Å². The first-order chi connectivity index (χ1) is 16.6. The third-order valence-corrected chi connectivity index (χ3v) is 7.56. The Labute approximate surface area is 206 Å². The second-order valence-corrected chi connectivity index (χ2v) is 10.2. The Morgan fingerprint density at radius 2 is 1.35 bits per heavy atom. The Hall–Kier alpha value is -1.90. The molecule has 0 atom stereocenters. The van der Waals surface area contributed by atoms with Crippen molar-refractivity contribution in [2.75, 3.05) is 6.61 Å². The van der Waals surface area contributed by atoms with Crippen molar-refractivity contribution in [3.8, 4) is 16.9 Å². The zero-order valence-electron chi connectivity index (χ0n) is 21.4. The highest BCUT2D eigenvalue weighted by Gasteiger charge is 2.22. The van der Waals surface area contributed by atoms with Crippen LogP contribution in [0.2, 0.25) is 0 Å². The van der Waals surface area contributed by atoms with Gasteiger partial charge in [-0.1, -0.05) is 95.9 Å². The van der Waals surface area contributed by atoms with Crippen LogP contribution in [0.25, 0.3) is 11.1 Å². The second kappa shape index (κ2) is 14.5. The molecule has 0 amide bonds. The molecule has 1 fully saturated rings. The van der Waals surface area contributed by atoms with Crippen molar-refractivity contribution in [2.45, 2.75) is 110 Å². The Morgan fingerprint density at radius 3 is 2.03 bits per heavy atom. The fourth-order valence-corrected chi connectivity index (χ4v) is 5.32. The lowest BCUT2D eigenvalue weighted by atomic mass is 9.77. The summed E-state index contributed by atoms with van der Waals surface area (Å²) in [6.45, 7) is 4.90. The fourth-order valence-electron chi connectivity index (χ4n) is 5.32. The molecule has 0 unspecified atom stereocenters. The van der Waals surface area contributed by atoms with Crippen LogP contribution in [-0.4, -0.2) is 6.61 Å². The van der Waals surface area contributed by atoms with Crippen molar-refractivity contribution in [2.24, 2.45) is 5.92 Å². The zero-order chi connectivity index (χ0) is 24.2. The molecule has 1 saturated carbocycles. The molecule has 1 nitrogen and oxygen atoms in total. The average Bonchev–Trinajstić information content (AvgIpc) is 2.87. The van der Waals surface area contributed by atoms with Gasteiger partial charge >= 0.3 is 0 Å². The number of benzene rings is 2. The SMILES string of the molecule is CCCCCCCCCOc1ccc(-c2ccc(C3CCC(CCCC)CC3)cc2)c(F)c1F. The monoisotopic (exact) mass is 470 g/mol. The van der Waals surface area contributed by atoms with Crippen molar-refractivity contribution in [1.82, 2.24) is 0 Å². The minimum absolute atomic E-state index is 0.0173. The Bertz CT molecular complexity index is 837. The minimum atomic E-state index is -0.880. The third kappa shape index (κ3) is 7.82. The van der Waals surface area contributed by atoms with E-state index in [4.69, 9.17) is 4.74 Å². The average molecular weight is 471 g/mol. The number of rotatable bonds is 14. The largest absolute Gasteiger partial charge is 0.490 e. The normalized spacial score (nSPS) is 18.2. The first-order valence-electron chi connectivity index (χ1n) is 13.8. The summed E-state index contributed by atoms with van der Waals surface area (Å²) < 4.78 is 35.1. The molecule has 0 N–H and O–H groups in total. The lowest BCUT2D eigenvalue weighted by Gasteiger charge is -2.29. The summed E-state index contributed by atoms with van der Waals surface area (Å²) in [5.74, 6) is -0.199. The summed E-state index contributed by atoms with van der Waals surface area (Å²) in [7, 11) is 0. The summed E-state index contributed by atoms with van der Waals surface area (Å²) in [6.07, 6.45) is 17.3. The highest BCUT2D eigenvalue weighted by Crippen LogP contribution is 2.38. The van der Waals surface area contributed by atoms with Gasteiger partial charge in [0.15, 0.2) is 11.6 Å². The fraction of sp³-hybridized carbons (Fsp3) is 0.613. The number of unbranched alkanes of at least 4 members (excludes halogenated alkanes) is 7. The topological polar surface area (TPSA) is 9.23 Å². The molecule has 0 radical (unpaired) electrons. The van der Waals surface area contributed by atoms with Crippen LogP contribution in [0.3, 0.4) is 0 Å². The summed E-state index contributed by atoms with van der Waals surface area (Å²) in [5, 5.41) is 0. The summed E-state index contributed by atoms with van der Waals surface area (Å²) in [6, 6.07) is 11.3. The Kier molecular flexibility index (Phi) is 11.4. The van der Waals surface area contributed by atoms with Crippen LogP contribution in [0.5, 0.6) is 5.75 Å². The van der Waals surface area contributed by atoms with Gasteiger partial charge in [0.05, 0.1) is 6.61 Å². The van der Waals surface area contributed by atoms with Crippen molar-refractivity contribution in [3.05, 3.63) is 53.6 Å². The number of hydrogen-bond donors (Lipinski definition) is 0. The van der Waals surface area contributed by atoms with Crippen molar-refractivity contribution in [3.63, 3.8) is 0 Å². The van der Waals surface area contributed by atoms with Crippen LogP contribution in [0, 0.1) is 17.6 Å². The first kappa shape index (κ1) is 26.7. The van der Waals surface area contributed by atoms with Crippen LogP contribution in [-0.2, 0) is 0 Å². The maximum Gasteiger partial charge on any atom is 0.201 e. The minimum Gasteiger partial charge on any atom is -0.490 e. The van der Waals surface area contributed by atoms with E-state index in [1.54, 1.807) is 12.1 Å². The number of ether oxygens (including phenoxy) is 1. The summed E-state index contributed by atoms with van der Waals surface area (Å²) in [4.78, 5) is 0. The van der Waals surface area contributed by atoms with Gasteiger partial charge in [-0.3, -0.25) is 0 Å². The first-order valence-corrected chi connectivity index (χ1v) is 13.8. The highest BCUT2D eigenvalue weighted by atomic mass is 19.2. The highest BCUT2D eigenvalue weighted by molar-refractivity contribution is 5.65.